The number of guanidine groups is 1. The number of nitrogens with zero attached hydrogens (tertiary/aromatic N) is 1. The Labute approximate surface area is 146 Å². The average Bonchev–Trinajstić information content (AvgIpc) is 3.17. The van der Waals surface area contributed by atoms with Gasteiger partial charge in [-0.1, -0.05) is 6.07 Å². The van der Waals surface area contributed by atoms with Crippen LogP contribution < -0.4 is 11.1 Å². The van der Waals surface area contributed by atoms with E-state index in [9.17, 15) is 8.78 Å². The molecule has 22 heavy (non-hydrogen) atoms. The van der Waals surface area contributed by atoms with Gasteiger partial charge in [0.2, 0.25) is 0 Å². The molecule has 0 radical (unpaired) electrons. The molecule has 0 amide bonds. The number of benzene rings is 1. The first-order valence-electron chi connectivity index (χ1n) is 6.98. The molecule has 2 rings (SSSR count). The van der Waals surface area contributed by atoms with Crippen LogP contribution in [-0.2, 0) is 10.2 Å². The highest BCUT2D eigenvalue weighted by Crippen LogP contribution is 2.49. The Balaban J connectivity index is 0.00000242. The lowest BCUT2D eigenvalue weighted by atomic mass is 9.95. The third-order valence-corrected chi connectivity index (χ3v) is 3.72. The molecule has 1 saturated carbocycles. The Morgan fingerprint density at radius 1 is 1.45 bits per heavy atom. The van der Waals surface area contributed by atoms with Crippen molar-refractivity contribution < 1.29 is 13.5 Å². The second kappa shape index (κ2) is 8.05. The molecule has 3 N–H and O–H groups in total. The molecule has 1 aliphatic carbocycles. The van der Waals surface area contributed by atoms with E-state index < -0.39 is 11.6 Å². The molecular weight excluding hydrogens is 403 g/mol. The third-order valence-electron chi connectivity index (χ3n) is 3.72. The maximum absolute atomic E-state index is 13.9. The summed E-state index contributed by atoms with van der Waals surface area (Å²) >= 11 is 0. The Bertz CT molecular complexity index is 536. The van der Waals surface area contributed by atoms with E-state index in [1.165, 1.54) is 12.1 Å². The van der Waals surface area contributed by atoms with Crippen molar-refractivity contribution in [3.63, 3.8) is 0 Å². The molecular formula is C15H22F2IN3O. The quantitative estimate of drug-likeness (QED) is 0.419. The van der Waals surface area contributed by atoms with Crippen LogP contribution in [0.2, 0.25) is 0 Å². The molecule has 1 fully saturated rings. The second-order valence-electron chi connectivity index (χ2n) is 5.61. The molecule has 1 atom stereocenters. The number of aliphatic imine (C=N–C) groups is 1. The molecule has 1 aromatic rings. The molecule has 1 aromatic carbocycles. The minimum absolute atomic E-state index is 0. The summed E-state index contributed by atoms with van der Waals surface area (Å²) in [5.41, 5.74) is 5.99. The van der Waals surface area contributed by atoms with Gasteiger partial charge in [-0.2, -0.15) is 0 Å². The van der Waals surface area contributed by atoms with E-state index in [0.29, 0.717) is 24.7 Å². The van der Waals surface area contributed by atoms with Gasteiger partial charge >= 0.3 is 0 Å². The van der Waals surface area contributed by atoms with Gasteiger partial charge in [0.05, 0.1) is 13.2 Å². The van der Waals surface area contributed by atoms with Gasteiger partial charge < -0.3 is 15.8 Å². The van der Waals surface area contributed by atoms with Crippen LogP contribution in [0.25, 0.3) is 0 Å². The van der Waals surface area contributed by atoms with E-state index in [1.807, 2.05) is 6.92 Å². The zero-order valence-corrected chi connectivity index (χ0v) is 15.1. The lowest BCUT2D eigenvalue weighted by molar-refractivity contribution is 0.179. The molecule has 0 spiro atoms. The number of nitrogens with two attached hydrogens (primary N) is 1. The number of halogens is 3. The van der Waals surface area contributed by atoms with Gasteiger partial charge in [-0.25, -0.2) is 8.78 Å². The SMILES string of the molecule is COCC(C)NC(N)=NCC1(c2ccc(F)cc2F)CC1.I. The zero-order chi connectivity index (χ0) is 15.5. The number of hydrogen-bond donors (Lipinski definition) is 2. The first-order valence-corrected chi connectivity index (χ1v) is 6.98. The molecule has 4 nitrogen and oxygen atoms in total. The highest BCUT2D eigenvalue weighted by atomic mass is 127. The van der Waals surface area contributed by atoms with Crippen LogP contribution in [0, 0.1) is 11.6 Å². The normalized spacial score (nSPS) is 17.5. The van der Waals surface area contributed by atoms with E-state index in [2.05, 4.69) is 10.3 Å². The summed E-state index contributed by atoms with van der Waals surface area (Å²) in [5.74, 6) is -0.763. The first kappa shape index (κ1) is 19.1. The highest BCUT2D eigenvalue weighted by Gasteiger charge is 2.46. The molecule has 0 heterocycles. The van der Waals surface area contributed by atoms with Crippen LogP contribution in [0.1, 0.15) is 25.3 Å². The molecule has 1 aliphatic rings. The molecule has 1 unspecified atom stereocenters. The van der Waals surface area contributed by atoms with Gasteiger partial charge in [0.15, 0.2) is 5.96 Å². The third kappa shape index (κ3) is 4.77. The zero-order valence-electron chi connectivity index (χ0n) is 12.7. The first-order chi connectivity index (χ1) is 9.97. The second-order valence-corrected chi connectivity index (χ2v) is 5.61. The summed E-state index contributed by atoms with van der Waals surface area (Å²) in [5, 5.41) is 3.01. The van der Waals surface area contributed by atoms with Crippen LogP contribution in [-0.4, -0.2) is 32.3 Å². The smallest absolute Gasteiger partial charge is 0.188 e. The van der Waals surface area contributed by atoms with Crippen LogP contribution in [0.15, 0.2) is 23.2 Å². The van der Waals surface area contributed by atoms with Crippen molar-refractivity contribution in [3.05, 3.63) is 35.4 Å². The minimum Gasteiger partial charge on any atom is -0.383 e. The maximum Gasteiger partial charge on any atom is 0.188 e. The summed E-state index contributed by atoms with van der Waals surface area (Å²) in [4.78, 5) is 4.29. The van der Waals surface area contributed by atoms with Gasteiger partial charge in [0, 0.05) is 24.6 Å². The monoisotopic (exact) mass is 425 g/mol. The maximum atomic E-state index is 13.9. The fourth-order valence-corrected chi connectivity index (χ4v) is 2.41. The summed E-state index contributed by atoms with van der Waals surface area (Å²) in [6.45, 7) is 2.85. The van der Waals surface area contributed by atoms with Crippen molar-refractivity contribution >= 4 is 29.9 Å². The Hall–Kier alpha value is -0.960. The summed E-state index contributed by atoms with van der Waals surface area (Å²) in [6.07, 6.45) is 1.67. The molecule has 7 heteroatoms. The lowest BCUT2D eigenvalue weighted by Crippen LogP contribution is -2.41. The van der Waals surface area contributed by atoms with Gasteiger partial charge in [0.1, 0.15) is 11.6 Å². The van der Waals surface area contributed by atoms with E-state index in [1.54, 1.807) is 7.11 Å². The Morgan fingerprint density at radius 2 is 2.14 bits per heavy atom. The van der Waals surface area contributed by atoms with Crippen molar-refractivity contribution in [2.24, 2.45) is 10.7 Å². The summed E-state index contributed by atoms with van der Waals surface area (Å²) in [6, 6.07) is 3.76. The number of nitrogens with one attached hydrogen (secondary N) is 1. The van der Waals surface area contributed by atoms with E-state index in [0.717, 1.165) is 18.9 Å². The van der Waals surface area contributed by atoms with Crippen molar-refractivity contribution in [1.29, 1.82) is 0 Å². The van der Waals surface area contributed by atoms with E-state index >= 15 is 0 Å². The topological polar surface area (TPSA) is 59.6 Å². The minimum atomic E-state index is -0.565. The fraction of sp³-hybridized carbons (Fsp3) is 0.533. The molecule has 0 aliphatic heterocycles. The van der Waals surface area contributed by atoms with Crippen molar-refractivity contribution in [2.45, 2.75) is 31.2 Å². The number of rotatable bonds is 6. The summed E-state index contributed by atoms with van der Waals surface area (Å²) in [7, 11) is 1.61. The highest BCUT2D eigenvalue weighted by molar-refractivity contribution is 14.0. The fourth-order valence-electron chi connectivity index (χ4n) is 2.41. The molecule has 0 saturated heterocycles. The van der Waals surface area contributed by atoms with Crippen LogP contribution in [0.3, 0.4) is 0 Å². The van der Waals surface area contributed by atoms with Crippen molar-refractivity contribution in [3.8, 4) is 0 Å². The van der Waals surface area contributed by atoms with Crippen molar-refractivity contribution in [2.75, 3.05) is 20.3 Å². The predicted octanol–water partition coefficient (Wildman–Crippen LogP) is 2.55. The van der Waals surface area contributed by atoms with Gasteiger partial charge in [-0.05, 0) is 31.4 Å². The lowest BCUT2D eigenvalue weighted by Gasteiger charge is -2.16. The number of hydrogen-bond acceptors (Lipinski definition) is 2. The van der Waals surface area contributed by atoms with Crippen molar-refractivity contribution in [1.82, 2.24) is 5.32 Å². The van der Waals surface area contributed by atoms with Crippen LogP contribution in [0.5, 0.6) is 0 Å². The number of ether oxygens (including phenoxy) is 1. The van der Waals surface area contributed by atoms with Crippen LogP contribution in [0.4, 0.5) is 8.78 Å². The molecule has 0 bridgehead atoms. The summed E-state index contributed by atoms with van der Waals surface area (Å²) < 4.78 is 31.8. The van der Waals surface area contributed by atoms with E-state index in [-0.39, 0.29) is 35.4 Å². The molecule has 0 aromatic heterocycles. The Morgan fingerprint density at radius 3 is 2.68 bits per heavy atom. The van der Waals surface area contributed by atoms with Crippen LogP contribution >= 0.6 is 24.0 Å². The van der Waals surface area contributed by atoms with Gasteiger partial charge in [-0.15, -0.1) is 24.0 Å². The van der Waals surface area contributed by atoms with Gasteiger partial charge in [-0.3, -0.25) is 4.99 Å². The average molecular weight is 425 g/mol. The van der Waals surface area contributed by atoms with E-state index in [4.69, 9.17) is 10.5 Å². The Kier molecular flexibility index (Phi) is 6.98. The largest absolute Gasteiger partial charge is 0.383 e. The predicted molar refractivity (Wildman–Crippen MR) is 93.6 cm³/mol. The standard InChI is InChI=1S/C15H21F2N3O.HI/c1-10(8-21-2)20-14(18)19-9-15(5-6-15)12-4-3-11(16)7-13(12)17;/h3-4,7,10H,5-6,8-9H2,1-2H3,(H3,18,19,20);1H. The molecule has 124 valence electrons. The number of methoxy groups -OCH3 is 1. The van der Waals surface area contributed by atoms with Gasteiger partial charge in [0.25, 0.3) is 0 Å².